The van der Waals surface area contributed by atoms with Crippen LogP contribution in [0.25, 0.3) is 0 Å². The summed E-state index contributed by atoms with van der Waals surface area (Å²) in [5.74, 6) is -3.69. The molecule has 0 heterocycles. The van der Waals surface area contributed by atoms with Gasteiger partial charge < -0.3 is 10.2 Å². The molecule has 0 unspecified atom stereocenters. The first kappa shape index (κ1) is 17.1. The van der Waals surface area contributed by atoms with Crippen molar-refractivity contribution in [1.29, 1.82) is 0 Å². The summed E-state index contributed by atoms with van der Waals surface area (Å²) in [7, 11) is -4.29. The van der Waals surface area contributed by atoms with Gasteiger partial charge in [-0.3, -0.25) is 9.59 Å². The van der Waals surface area contributed by atoms with E-state index >= 15 is 0 Å². The fourth-order valence-corrected chi connectivity index (χ4v) is 3.56. The minimum atomic E-state index is -4.29. The highest BCUT2D eigenvalue weighted by Gasteiger charge is 2.29. The third-order valence-corrected chi connectivity index (χ3v) is 4.44. The first-order valence-electron chi connectivity index (χ1n) is 5.78. The molecule has 0 fully saturated rings. The molecule has 1 rings (SSSR count). The topological polar surface area (TPSA) is 121 Å². The van der Waals surface area contributed by atoms with E-state index in [9.17, 15) is 22.4 Å². The van der Waals surface area contributed by atoms with Crippen molar-refractivity contribution in [3.63, 3.8) is 0 Å². The lowest BCUT2D eigenvalue weighted by molar-refractivity contribution is -0.145. The number of carboxylic acids is 2. The predicted octanol–water partition coefficient (Wildman–Crippen LogP) is 0.649. The SMILES string of the molecule is Cc1cc(F)cc(C)c1S(=O)(=O)N[C@@H](CC(=O)O)C(=O)O. The fourth-order valence-electron chi connectivity index (χ4n) is 1.92. The summed E-state index contributed by atoms with van der Waals surface area (Å²) in [5.41, 5.74) is 0.193. The zero-order chi connectivity index (χ0) is 16.4. The van der Waals surface area contributed by atoms with E-state index in [4.69, 9.17) is 10.2 Å². The van der Waals surface area contributed by atoms with E-state index in [-0.39, 0.29) is 16.0 Å². The summed E-state index contributed by atoms with van der Waals surface area (Å²) in [5, 5.41) is 17.5. The molecule has 1 aromatic carbocycles. The van der Waals surface area contributed by atoms with E-state index in [1.807, 2.05) is 4.72 Å². The average Bonchev–Trinajstić information content (AvgIpc) is 2.24. The maximum atomic E-state index is 13.2. The van der Waals surface area contributed by atoms with E-state index in [0.717, 1.165) is 12.1 Å². The van der Waals surface area contributed by atoms with Crippen LogP contribution in [0.1, 0.15) is 17.5 Å². The van der Waals surface area contributed by atoms with E-state index in [1.165, 1.54) is 13.8 Å². The summed E-state index contributed by atoms with van der Waals surface area (Å²) < 4.78 is 39.4. The van der Waals surface area contributed by atoms with E-state index < -0.39 is 40.2 Å². The molecule has 0 aliphatic heterocycles. The number of sulfonamides is 1. The van der Waals surface area contributed by atoms with E-state index in [0.29, 0.717) is 0 Å². The van der Waals surface area contributed by atoms with Gasteiger partial charge in [0, 0.05) is 0 Å². The minimum absolute atomic E-state index is 0.0967. The number of aryl methyl sites for hydroxylation is 2. The summed E-state index contributed by atoms with van der Waals surface area (Å²) in [6.45, 7) is 2.72. The number of nitrogens with one attached hydrogen (secondary N) is 1. The van der Waals surface area contributed by atoms with Gasteiger partial charge in [0.1, 0.15) is 11.9 Å². The molecule has 0 radical (unpaired) electrons. The molecule has 21 heavy (non-hydrogen) atoms. The fraction of sp³-hybridized carbons (Fsp3) is 0.333. The number of halogens is 1. The molecule has 1 atom stereocenters. The van der Waals surface area contributed by atoms with Gasteiger partial charge >= 0.3 is 11.9 Å². The zero-order valence-electron chi connectivity index (χ0n) is 11.3. The Morgan fingerprint density at radius 3 is 2.10 bits per heavy atom. The maximum absolute atomic E-state index is 13.2. The summed E-state index contributed by atoms with van der Waals surface area (Å²) in [6, 6.07) is 0.180. The second-order valence-electron chi connectivity index (χ2n) is 4.48. The molecule has 0 amide bonds. The van der Waals surface area contributed by atoms with Crippen molar-refractivity contribution < 1.29 is 32.6 Å². The lowest BCUT2D eigenvalue weighted by Gasteiger charge is -2.16. The van der Waals surface area contributed by atoms with Crippen LogP contribution in [0.3, 0.4) is 0 Å². The van der Waals surface area contributed by atoms with Gasteiger partial charge in [0.2, 0.25) is 10.0 Å². The highest BCUT2D eigenvalue weighted by atomic mass is 32.2. The van der Waals surface area contributed by atoms with E-state index in [1.54, 1.807) is 0 Å². The van der Waals surface area contributed by atoms with Crippen molar-refractivity contribution in [1.82, 2.24) is 4.72 Å². The lowest BCUT2D eigenvalue weighted by atomic mass is 10.1. The Morgan fingerprint density at radius 1 is 1.24 bits per heavy atom. The largest absolute Gasteiger partial charge is 0.481 e. The third-order valence-electron chi connectivity index (χ3n) is 2.67. The highest BCUT2D eigenvalue weighted by Crippen LogP contribution is 2.21. The number of hydrogen-bond donors (Lipinski definition) is 3. The number of aliphatic carboxylic acids is 2. The number of hydrogen-bond acceptors (Lipinski definition) is 4. The predicted molar refractivity (Wildman–Crippen MR) is 69.9 cm³/mol. The quantitative estimate of drug-likeness (QED) is 0.708. The third kappa shape index (κ3) is 4.23. The van der Waals surface area contributed by atoms with Crippen molar-refractivity contribution in [2.45, 2.75) is 31.2 Å². The molecular formula is C12H14FNO6S. The van der Waals surface area contributed by atoms with Crippen LogP contribution in [-0.2, 0) is 19.6 Å². The monoisotopic (exact) mass is 319 g/mol. The van der Waals surface area contributed by atoms with Gasteiger partial charge in [0.15, 0.2) is 0 Å². The smallest absolute Gasteiger partial charge is 0.322 e. The normalized spacial score (nSPS) is 12.9. The number of carbonyl (C=O) groups is 2. The van der Waals surface area contributed by atoms with Crippen molar-refractivity contribution in [3.05, 3.63) is 29.1 Å². The molecule has 7 nitrogen and oxygen atoms in total. The van der Waals surface area contributed by atoms with Crippen molar-refractivity contribution in [3.8, 4) is 0 Å². The Morgan fingerprint density at radius 2 is 1.71 bits per heavy atom. The minimum Gasteiger partial charge on any atom is -0.481 e. The molecule has 0 saturated heterocycles. The average molecular weight is 319 g/mol. The van der Waals surface area contributed by atoms with Crippen molar-refractivity contribution in [2.75, 3.05) is 0 Å². The molecule has 0 spiro atoms. The van der Waals surface area contributed by atoms with E-state index in [2.05, 4.69) is 0 Å². The van der Waals surface area contributed by atoms with Crippen LogP contribution in [-0.4, -0.2) is 36.6 Å². The summed E-state index contributed by atoms with van der Waals surface area (Å²) >= 11 is 0. The van der Waals surface area contributed by atoms with Crippen LogP contribution in [0, 0.1) is 19.7 Å². The zero-order valence-corrected chi connectivity index (χ0v) is 12.1. The van der Waals surface area contributed by atoms with Gasteiger partial charge in [-0.25, -0.2) is 12.8 Å². The summed E-state index contributed by atoms with van der Waals surface area (Å²) in [4.78, 5) is 21.2. The molecule has 3 N–H and O–H groups in total. The van der Waals surface area contributed by atoms with Crippen LogP contribution in [0.4, 0.5) is 4.39 Å². The Balaban J connectivity index is 3.23. The maximum Gasteiger partial charge on any atom is 0.322 e. The van der Waals surface area contributed by atoms with Crippen LogP contribution in [0.5, 0.6) is 0 Å². The number of benzene rings is 1. The van der Waals surface area contributed by atoms with Gasteiger partial charge in [-0.1, -0.05) is 0 Å². The van der Waals surface area contributed by atoms with Crippen LogP contribution in [0.2, 0.25) is 0 Å². The summed E-state index contributed by atoms with van der Waals surface area (Å²) in [6.07, 6.45) is -0.909. The highest BCUT2D eigenvalue weighted by molar-refractivity contribution is 7.89. The Hall–Kier alpha value is -2.00. The standard InChI is InChI=1S/C12H14FNO6S/c1-6-3-8(13)4-7(2)11(6)21(19,20)14-9(12(17)18)5-10(15)16/h3-4,9,14H,5H2,1-2H3,(H,15,16)(H,17,18)/t9-/m0/s1. The van der Waals surface area contributed by atoms with Crippen molar-refractivity contribution in [2.24, 2.45) is 0 Å². The molecule has 0 saturated carbocycles. The second-order valence-corrected chi connectivity index (χ2v) is 6.13. The molecular weight excluding hydrogens is 305 g/mol. The molecule has 116 valence electrons. The van der Waals surface area contributed by atoms with Crippen LogP contribution >= 0.6 is 0 Å². The molecule has 0 aliphatic carbocycles. The Bertz CT molecular complexity index is 662. The molecule has 0 aromatic heterocycles. The van der Waals surface area contributed by atoms with Crippen LogP contribution < -0.4 is 4.72 Å². The lowest BCUT2D eigenvalue weighted by Crippen LogP contribution is -2.42. The Kier molecular flexibility index (Phi) is 5.02. The molecule has 9 heteroatoms. The van der Waals surface area contributed by atoms with Gasteiger partial charge in [0.05, 0.1) is 11.3 Å². The van der Waals surface area contributed by atoms with Gasteiger partial charge in [0.25, 0.3) is 0 Å². The Labute approximate surface area is 120 Å². The number of rotatable bonds is 6. The van der Waals surface area contributed by atoms with Crippen molar-refractivity contribution >= 4 is 22.0 Å². The molecule has 0 bridgehead atoms. The van der Waals surface area contributed by atoms with Gasteiger partial charge in [-0.05, 0) is 37.1 Å². The molecule has 1 aromatic rings. The van der Waals surface area contributed by atoms with Crippen LogP contribution in [0.15, 0.2) is 17.0 Å². The first-order chi connectivity index (χ1) is 9.54. The molecule has 0 aliphatic rings. The van der Waals surface area contributed by atoms with Gasteiger partial charge in [-0.2, -0.15) is 4.72 Å². The number of carboxylic acid groups (broad SMARTS) is 2. The van der Waals surface area contributed by atoms with Gasteiger partial charge in [-0.15, -0.1) is 0 Å². The second kappa shape index (κ2) is 6.19. The first-order valence-corrected chi connectivity index (χ1v) is 7.26.